The predicted molar refractivity (Wildman–Crippen MR) is 147 cm³/mol. The number of carbonyl (C=O) groups is 2. The van der Waals surface area contributed by atoms with Crippen LogP contribution in [0, 0.1) is 17.5 Å². The van der Waals surface area contributed by atoms with Crippen LogP contribution in [0.4, 0.5) is 18.9 Å². The van der Waals surface area contributed by atoms with Crippen molar-refractivity contribution in [3.05, 3.63) is 101 Å². The highest BCUT2D eigenvalue weighted by molar-refractivity contribution is 7.92. The Kier molecular flexibility index (Phi) is 10.3. The van der Waals surface area contributed by atoms with Gasteiger partial charge in [-0.2, -0.15) is 0 Å². The van der Waals surface area contributed by atoms with Gasteiger partial charge in [0.15, 0.2) is 11.6 Å². The first-order valence-corrected chi connectivity index (χ1v) is 14.6. The summed E-state index contributed by atoms with van der Waals surface area (Å²) in [6.45, 7) is 2.51. The molecule has 0 spiro atoms. The van der Waals surface area contributed by atoms with Gasteiger partial charge in [0.2, 0.25) is 21.8 Å². The van der Waals surface area contributed by atoms with Crippen molar-refractivity contribution in [1.29, 1.82) is 0 Å². The summed E-state index contributed by atoms with van der Waals surface area (Å²) < 4.78 is 68.3. The molecule has 0 fully saturated rings. The van der Waals surface area contributed by atoms with Gasteiger partial charge < -0.3 is 10.2 Å². The molecule has 1 N–H and O–H groups in total. The van der Waals surface area contributed by atoms with Crippen molar-refractivity contribution in [2.45, 2.75) is 45.3 Å². The molecule has 2 amide bonds. The van der Waals surface area contributed by atoms with Crippen molar-refractivity contribution in [3.8, 4) is 0 Å². The van der Waals surface area contributed by atoms with E-state index in [1.165, 1.54) is 18.2 Å². The van der Waals surface area contributed by atoms with Gasteiger partial charge >= 0.3 is 0 Å². The van der Waals surface area contributed by atoms with Crippen molar-refractivity contribution in [2.24, 2.45) is 0 Å². The van der Waals surface area contributed by atoms with E-state index in [0.29, 0.717) is 16.8 Å². The number of benzene rings is 3. The molecule has 2 atom stereocenters. The summed E-state index contributed by atoms with van der Waals surface area (Å²) in [4.78, 5) is 28.6. The van der Waals surface area contributed by atoms with E-state index in [0.717, 1.165) is 28.9 Å². The molecule has 0 aliphatic heterocycles. The number of hydrogen-bond donors (Lipinski definition) is 1. The molecule has 0 bridgehead atoms. The van der Waals surface area contributed by atoms with E-state index in [2.05, 4.69) is 5.32 Å². The number of amides is 2. The normalized spacial score (nSPS) is 12.8. The number of halogens is 3. The molecule has 3 rings (SSSR count). The van der Waals surface area contributed by atoms with E-state index < -0.39 is 51.9 Å². The molecule has 0 aliphatic carbocycles. The maximum Gasteiger partial charge on any atom is 0.244 e. The van der Waals surface area contributed by atoms with Gasteiger partial charge in [0, 0.05) is 30.6 Å². The molecule has 0 saturated carbocycles. The largest absolute Gasteiger partial charge is 0.352 e. The van der Waals surface area contributed by atoms with E-state index in [1.807, 2.05) is 6.92 Å². The number of hydrogen-bond acceptors (Lipinski definition) is 4. The third-order valence-corrected chi connectivity index (χ3v) is 7.58. The van der Waals surface area contributed by atoms with Gasteiger partial charge in [0.25, 0.3) is 0 Å². The summed E-state index contributed by atoms with van der Waals surface area (Å²) in [6.07, 6.45) is 1.50. The van der Waals surface area contributed by atoms with Crippen molar-refractivity contribution in [3.63, 3.8) is 0 Å². The molecule has 0 unspecified atom stereocenters. The smallest absolute Gasteiger partial charge is 0.244 e. The number of nitrogens with one attached hydrogen (secondary N) is 1. The fourth-order valence-corrected chi connectivity index (χ4v) is 4.90. The Morgan fingerprint density at radius 1 is 0.900 bits per heavy atom. The highest BCUT2D eigenvalue weighted by atomic mass is 32.2. The van der Waals surface area contributed by atoms with Crippen LogP contribution in [0.1, 0.15) is 31.4 Å². The van der Waals surface area contributed by atoms with Crippen LogP contribution in [0.25, 0.3) is 0 Å². The molecule has 7 nitrogen and oxygen atoms in total. The van der Waals surface area contributed by atoms with E-state index in [9.17, 15) is 31.2 Å². The zero-order valence-electron chi connectivity index (χ0n) is 22.5. The SMILES string of the molecule is CC[C@H](C)NC(=O)[C@@H](Cc1ccccc1)N(Cc1ccccc1F)C(=O)CN(c1ccc(F)c(F)c1)S(C)(=O)=O. The Labute approximate surface area is 232 Å². The first kappa shape index (κ1) is 30.7. The Hall–Kier alpha value is -3.86. The maximum atomic E-state index is 14.7. The van der Waals surface area contributed by atoms with E-state index >= 15 is 0 Å². The van der Waals surface area contributed by atoms with Crippen LogP contribution in [0.5, 0.6) is 0 Å². The average molecular weight is 576 g/mol. The summed E-state index contributed by atoms with van der Waals surface area (Å²) in [5, 5.41) is 2.86. The van der Waals surface area contributed by atoms with Crippen LogP contribution < -0.4 is 9.62 Å². The molecule has 0 heterocycles. The van der Waals surface area contributed by atoms with Gasteiger partial charge in [-0.05, 0) is 37.1 Å². The summed E-state index contributed by atoms with van der Waals surface area (Å²) in [6, 6.07) is 15.7. The first-order valence-electron chi connectivity index (χ1n) is 12.7. The topological polar surface area (TPSA) is 86.8 Å². The standard InChI is InChI=1S/C29H32F3N3O4S/c1-4-20(2)33-29(37)27(16-21-10-6-5-7-11-21)34(18-22-12-8-9-13-24(22)30)28(36)19-35(40(3,38)39)23-14-15-25(31)26(32)17-23/h5-15,17,20,27H,4,16,18-19H2,1-3H3,(H,33,37)/t20-,27+/m0/s1. The maximum absolute atomic E-state index is 14.7. The van der Waals surface area contributed by atoms with Crippen molar-refractivity contribution < 1.29 is 31.2 Å². The number of rotatable bonds is 12. The molecular formula is C29H32F3N3O4S. The molecule has 214 valence electrons. The zero-order chi connectivity index (χ0) is 29.4. The van der Waals surface area contributed by atoms with Crippen molar-refractivity contribution in [1.82, 2.24) is 10.2 Å². The van der Waals surface area contributed by atoms with E-state index in [4.69, 9.17) is 0 Å². The van der Waals surface area contributed by atoms with Gasteiger partial charge in [-0.3, -0.25) is 13.9 Å². The Morgan fingerprint density at radius 3 is 2.15 bits per heavy atom. The molecule has 0 aliphatic rings. The lowest BCUT2D eigenvalue weighted by atomic mass is 10.0. The monoisotopic (exact) mass is 575 g/mol. The zero-order valence-corrected chi connectivity index (χ0v) is 23.3. The summed E-state index contributed by atoms with van der Waals surface area (Å²) in [7, 11) is -4.16. The molecule has 40 heavy (non-hydrogen) atoms. The highest BCUT2D eigenvalue weighted by Crippen LogP contribution is 2.23. The van der Waals surface area contributed by atoms with Gasteiger partial charge in [-0.15, -0.1) is 0 Å². The lowest BCUT2D eigenvalue weighted by Gasteiger charge is -2.34. The number of carbonyl (C=O) groups excluding carboxylic acids is 2. The van der Waals surface area contributed by atoms with Gasteiger partial charge in [-0.1, -0.05) is 55.5 Å². The molecule has 0 aromatic heterocycles. The number of nitrogens with zero attached hydrogens (tertiary/aromatic N) is 2. The van der Waals surface area contributed by atoms with Crippen LogP contribution in [0.2, 0.25) is 0 Å². The third-order valence-electron chi connectivity index (χ3n) is 6.44. The summed E-state index contributed by atoms with van der Waals surface area (Å²) in [5.41, 5.74) is 0.562. The van der Waals surface area contributed by atoms with Crippen molar-refractivity contribution >= 4 is 27.5 Å². The molecule has 0 saturated heterocycles. The van der Waals surface area contributed by atoms with Crippen molar-refractivity contribution in [2.75, 3.05) is 17.1 Å². The van der Waals surface area contributed by atoms with Gasteiger partial charge in [0.05, 0.1) is 11.9 Å². The quantitative estimate of drug-likeness (QED) is 0.346. The van der Waals surface area contributed by atoms with Gasteiger partial charge in [-0.25, -0.2) is 21.6 Å². The van der Waals surface area contributed by atoms with E-state index in [1.54, 1.807) is 43.3 Å². The Morgan fingerprint density at radius 2 is 1.55 bits per heavy atom. The van der Waals surface area contributed by atoms with Crippen LogP contribution >= 0.6 is 0 Å². The lowest BCUT2D eigenvalue weighted by molar-refractivity contribution is -0.140. The Bertz CT molecular complexity index is 1440. The molecular weight excluding hydrogens is 543 g/mol. The van der Waals surface area contributed by atoms with Crippen LogP contribution in [0.3, 0.4) is 0 Å². The minimum Gasteiger partial charge on any atom is -0.352 e. The minimum absolute atomic E-state index is 0.0628. The third kappa shape index (κ3) is 8.08. The second-order valence-electron chi connectivity index (χ2n) is 9.50. The Balaban J connectivity index is 2.08. The number of anilines is 1. The van der Waals surface area contributed by atoms with Crippen LogP contribution in [-0.4, -0.2) is 50.0 Å². The number of sulfonamides is 1. The second kappa shape index (κ2) is 13.5. The molecule has 3 aromatic carbocycles. The molecule has 11 heteroatoms. The van der Waals surface area contributed by atoms with Crippen LogP contribution in [-0.2, 0) is 32.6 Å². The summed E-state index contributed by atoms with van der Waals surface area (Å²) in [5.74, 6) is -4.42. The summed E-state index contributed by atoms with van der Waals surface area (Å²) >= 11 is 0. The fraction of sp³-hybridized carbons (Fsp3) is 0.310. The molecule has 0 radical (unpaired) electrons. The van der Waals surface area contributed by atoms with Crippen LogP contribution in [0.15, 0.2) is 72.8 Å². The first-order chi connectivity index (χ1) is 18.9. The molecule has 3 aromatic rings. The average Bonchev–Trinajstić information content (AvgIpc) is 2.91. The predicted octanol–water partition coefficient (Wildman–Crippen LogP) is 4.42. The second-order valence-corrected chi connectivity index (χ2v) is 11.4. The lowest BCUT2D eigenvalue weighted by Crippen LogP contribution is -2.54. The van der Waals surface area contributed by atoms with E-state index in [-0.39, 0.29) is 30.3 Å². The van der Waals surface area contributed by atoms with Gasteiger partial charge in [0.1, 0.15) is 18.4 Å². The fourth-order valence-electron chi connectivity index (χ4n) is 4.06. The minimum atomic E-state index is -4.16. The highest BCUT2D eigenvalue weighted by Gasteiger charge is 2.34.